The van der Waals surface area contributed by atoms with Crippen molar-refractivity contribution in [3.05, 3.63) is 42.7 Å². The second kappa shape index (κ2) is 7.45. The van der Waals surface area contributed by atoms with Crippen molar-refractivity contribution < 1.29 is 18.7 Å². The van der Waals surface area contributed by atoms with Gasteiger partial charge in [0.15, 0.2) is 5.76 Å². The summed E-state index contributed by atoms with van der Waals surface area (Å²) in [5, 5.41) is 20.9. The molecular weight excluding hydrogens is 362 g/mol. The van der Waals surface area contributed by atoms with Gasteiger partial charge >= 0.3 is 6.03 Å². The summed E-state index contributed by atoms with van der Waals surface area (Å²) in [7, 11) is 3.78. The largest absolute Gasteiger partial charge is 0.459 e. The number of anilines is 1. The average molecular weight is 383 g/mol. The number of carbonyl (C=O) groups excluding carboxylic acids is 1. The lowest BCUT2D eigenvalue weighted by atomic mass is 10.2. The number of β-amino-alcohol motifs (C(OH)–C–C–N with tert-alkyl or cyclic N) is 1. The zero-order valence-corrected chi connectivity index (χ0v) is 15.6. The van der Waals surface area contributed by atoms with Gasteiger partial charge in [-0.3, -0.25) is 0 Å². The Balaban J connectivity index is 1.41. The molecule has 2 N–H and O–H groups in total. The minimum absolute atomic E-state index is 0.0611. The number of aliphatic hydroxyl groups is 1. The number of nitrogens with zero attached hydrogens (tertiary/aromatic N) is 4. The zero-order valence-electron chi connectivity index (χ0n) is 15.6. The molecule has 0 radical (unpaired) electrons. The SMILES string of the molecule is CN(C)[C@@H]1CN(C(=O)Nc2ccc(-c3nnc(-c4ccco4)o3)cc2)C[C@H]1O. The van der Waals surface area contributed by atoms with Gasteiger partial charge in [-0.25, -0.2) is 4.79 Å². The van der Waals surface area contributed by atoms with E-state index in [2.05, 4.69) is 15.5 Å². The summed E-state index contributed by atoms with van der Waals surface area (Å²) in [6, 6.07) is 10.3. The maximum absolute atomic E-state index is 12.5. The van der Waals surface area contributed by atoms with Crippen LogP contribution in [-0.4, -0.2) is 70.5 Å². The van der Waals surface area contributed by atoms with E-state index in [1.165, 1.54) is 6.26 Å². The first-order valence-electron chi connectivity index (χ1n) is 8.89. The van der Waals surface area contributed by atoms with Crippen LogP contribution in [0.5, 0.6) is 0 Å². The molecule has 146 valence electrons. The molecule has 0 saturated carbocycles. The molecular formula is C19H21N5O4. The minimum Gasteiger partial charge on any atom is -0.459 e. The number of carbonyl (C=O) groups is 1. The number of benzene rings is 1. The van der Waals surface area contributed by atoms with Gasteiger partial charge in [0.1, 0.15) is 0 Å². The fourth-order valence-corrected chi connectivity index (χ4v) is 3.18. The Morgan fingerprint density at radius 3 is 2.57 bits per heavy atom. The van der Waals surface area contributed by atoms with Crippen LogP contribution in [0, 0.1) is 0 Å². The zero-order chi connectivity index (χ0) is 19.7. The lowest BCUT2D eigenvalue weighted by Gasteiger charge is -2.21. The van der Waals surface area contributed by atoms with Crippen LogP contribution in [0.3, 0.4) is 0 Å². The average Bonchev–Trinajstić information content (AvgIpc) is 3.42. The van der Waals surface area contributed by atoms with Gasteiger partial charge in [-0.2, -0.15) is 0 Å². The maximum atomic E-state index is 12.5. The van der Waals surface area contributed by atoms with Gasteiger partial charge in [0.2, 0.25) is 5.89 Å². The Labute approximate surface area is 161 Å². The number of nitrogens with one attached hydrogen (secondary N) is 1. The smallest absolute Gasteiger partial charge is 0.321 e. The third kappa shape index (κ3) is 3.62. The van der Waals surface area contributed by atoms with E-state index >= 15 is 0 Å². The lowest BCUT2D eigenvalue weighted by molar-refractivity contribution is 0.113. The summed E-state index contributed by atoms with van der Waals surface area (Å²) >= 11 is 0. The van der Waals surface area contributed by atoms with Crippen molar-refractivity contribution in [3.8, 4) is 23.1 Å². The number of rotatable bonds is 4. The number of furan rings is 1. The topological polar surface area (TPSA) is 108 Å². The molecule has 3 aromatic rings. The molecule has 1 fully saturated rings. The lowest BCUT2D eigenvalue weighted by Crippen LogP contribution is -2.38. The van der Waals surface area contributed by atoms with E-state index in [-0.39, 0.29) is 12.1 Å². The predicted molar refractivity (Wildman–Crippen MR) is 102 cm³/mol. The highest BCUT2D eigenvalue weighted by Gasteiger charge is 2.35. The van der Waals surface area contributed by atoms with Gasteiger partial charge in [0.05, 0.1) is 25.0 Å². The second-order valence-corrected chi connectivity index (χ2v) is 6.90. The van der Waals surface area contributed by atoms with Crippen LogP contribution in [0.25, 0.3) is 23.1 Å². The van der Waals surface area contributed by atoms with E-state index in [1.807, 2.05) is 19.0 Å². The molecule has 1 saturated heterocycles. The maximum Gasteiger partial charge on any atom is 0.321 e. The Bertz CT molecular complexity index is 936. The molecule has 9 nitrogen and oxygen atoms in total. The number of hydrogen-bond acceptors (Lipinski definition) is 7. The summed E-state index contributed by atoms with van der Waals surface area (Å²) < 4.78 is 10.9. The molecule has 2 amide bonds. The van der Waals surface area contributed by atoms with E-state index in [1.54, 1.807) is 41.3 Å². The highest BCUT2D eigenvalue weighted by molar-refractivity contribution is 5.89. The van der Waals surface area contributed by atoms with Crippen molar-refractivity contribution in [2.45, 2.75) is 12.1 Å². The molecule has 1 aromatic carbocycles. The van der Waals surface area contributed by atoms with E-state index in [9.17, 15) is 9.90 Å². The van der Waals surface area contributed by atoms with Gasteiger partial charge in [-0.05, 0) is 50.5 Å². The van der Waals surface area contributed by atoms with E-state index in [0.29, 0.717) is 36.3 Å². The van der Waals surface area contributed by atoms with E-state index < -0.39 is 6.10 Å². The first kappa shape index (κ1) is 18.2. The number of amides is 2. The molecule has 0 unspecified atom stereocenters. The van der Waals surface area contributed by atoms with Crippen molar-refractivity contribution >= 4 is 11.7 Å². The molecule has 2 atom stereocenters. The van der Waals surface area contributed by atoms with Gasteiger partial charge < -0.3 is 29.1 Å². The van der Waals surface area contributed by atoms with Crippen LogP contribution in [0.15, 0.2) is 51.5 Å². The number of likely N-dealkylation sites (tertiary alicyclic amines) is 1. The van der Waals surface area contributed by atoms with Crippen molar-refractivity contribution in [1.82, 2.24) is 20.0 Å². The molecule has 9 heteroatoms. The van der Waals surface area contributed by atoms with E-state index in [0.717, 1.165) is 5.56 Å². The van der Waals surface area contributed by atoms with Gasteiger partial charge in [-0.15, -0.1) is 10.2 Å². The molecule has 3 heterocycles. The number of aromatic nitrogens is 2. The Hall–Kier alpha value is -3.17. The minimum atomic E-state index is -0.552. The monoisotopic (exact) mass is 383 g/mol. The van der Waals surface area contributed by atoms with Crippen LogP contribution < -0.4 is 5.32 Å². The Morgan fingerprint density at radius 2 is 1.93 bits per heavy atom. The highest BCUT2D eigenvalue weighted by Crippen LogP contribution is 2.25. The normalized spacial score (nSPS) is 19.4. The van der Waals surface area contributed by atoms with Gasteiger partial charge in [0, 0.05) is 17.8 Å². The van der Waals surface area contributed by atoms with Crippen molar-refractivity contribution in [1.29, 1.82) is 0 Å². The van der Waals surface area contributed by atoms with Crippen molar-refractivity contribution in [2.24, 2.45) is 0 Å². The number of hydrogen-bond donors (Lipinski definition) is 2. The Morgan fingerprint density at radius 1 is 1.18 bits per heavy atom. The highest BCUT2D eigenvalue weighted by atomic mass is 16.4. The second-order valence-electron chi connectivity index (χ2n) is 6.90. The third-order valence-electron chi connectivity index (χ3n) is 4.75. The molecule has 1 aliphatic heterocycles. The summed E-state index contributed by atoms with van der Waals surface area (Å²) in [6.45, 7) is 0.792. The summed E-state index contributed by atoms with van der Waals surface area (Å²) in [5.74, 6) is 1.17. The molecule has 2 aromatic heterocycles. The van der Waals surface area contributed by atoms with Gasteiger partial charge in [0.25, 0.3) is 5.89 Å². The van der Waals surface area contributed by atoms with Crippen molar-refractivity contribution in [2.75, 3.05) is 32.5 Å². The molecule has 28 heavy (non-hydrogen) atoms. The fraction of sp³-hybridized carbons (Fsp3) is 0.316. The first-order valence-corrected chi connectivity index (χ1v) is 8.89. The molecule has 0 spiro atoms. The summed E-state index contributed by atoms with van der Waals surface area (Å²) in [6.07, 6.45) is 0.987. The number of urea groups is 1. The number of likely N-dealkylation sites (N-methyl/N-ethyl adjacent to an activating group) is 1. The standard InChI is InChI=1S/C19H21N5O4/c1-23(2)14-10-24(11-15(14)25)19(26)20-13-7-5-12(6-8-13)17-21-22-18(28-17)16-4-3-9-27-16/h3-9,14-15,25H,10-11H2,1-2H3,(H,20,26)/t14-,15-/m1/s1. The van der Waals surface area contributed by atoms with Crippen LogP contribution in [0.4, 0.5) is 10.5 Å². The first-order chi connectivity index (χ1) is 13.5. The van der Waals surface area contributed by atoms with Crippen LogP contribution in [0.2, 0.25) is 0 Å². The number of aliphatic hydroxyl groups excluding tert-OH is 1. The van der Waals surface area contributed by atoms with Gasteiger partial charge in [-0.1, -0.05) is 0 Å². The predicted octanol–water partition coefficient (Wildman–Crippen LogP) is 2.14. The molecule has 1 aliphatic rings. The summed E-state index contributed by atoms with van der Waals surface area (Å²) in [4.78, 5) is 16.0. The molecule has 0 bridgehead atoms. The fourth-order valence-electron chi connectivity index (χ4n) is 3.18. The molecule has 0 aliphatic carbocycles. The van der Waals surface area contributed by atoms with Crippen LogP contribution in [0.1, 0.15) is 0 Å². The van der Waals surface area contributed by atoms with Crippen molar-refractivity contribution in [3.63, 3.8) is 0 Å². The van der Waals surface area contributed by atoms with Crippen LogP contribution in [-0.2, 0) is 0 Å². The quantitative estimate of drug-likeness (QED) is 0.710. The van der Waals surface area contributed by atoms with E-state index in [4.69, 9.17) is 8.83 Å². The van der Waals surface area contributed by atoms with Crippen LogP contribution >= 0.6 is 0 Å². The third-order valence-corrected chi connectivity index (χ3v) is 4.75. The molecule has 4 rings (SSSR count). The Kier molecular flexibility index (Phi) is 4.84. The summed E-state index contributed by atoms with van der Waals surface area (Å²) in [5.41, 5.74) is 1.37.